The standard InChI is InChI=1S/C4H10BN.H4N2/c1-3-6(5)4-2;1-2/h3-4H2,1-2H3;1-2H2. The van der Waals surface area contributed by atoms with E-state index >= 15 is 0 Å². The summed E-state index contributed by atoms with van der Waals surface area (Å²) in [6, 6.07) is 0. The molecule has 3 nitrogen and oxygen atoms in total. The lowest BCUT2D eigenvalue weighted by molar-refractivity contribution is 0.505. The Morgan fingerprint density at radius 2 is 1.50 bits per heavy atom. The van der Waals surface area contributed by atoms with Gasteiger partial charge in [-0.15, -0.1) is 0 Å². The lowest BCUT2D eigenvalue weighted by atomic mass is 10.3. The summed E-state index contributed by atoms with van der Waals surface area (Å²) in [6.07, 6.45) is 0. The summed E-state index contributed by atoms with van der Waals surface area (Å²) < 4.78 is 0. The zero-order valence-electron chi connectivity index (χ0n) is 5.59. The van der Waals surface area contributed by atoms with Crippen molar-refractivity contribution >= 4 is 7.98 Å². The first-order valence-corrected chi connectivity index (χ1v) is 2.64. The second kappa shape index (κ2) is 10.0. The molecule has 8 heavy (non-hydrogen) atoms. The summed E-state index contributed by atoms with van der Waals surface area (Å²) >= 11 is 0. The zero-order valence-corrected chi connectivity index (χ0v) is 5.59. The molecule has 0 aromatic rings. The van der Waals surface area contributed by atoms with Crippen molar-refractivity contribution < 1.29 is 0 Å². The highest BCUT2D eigenvalue weighted by Crippen LogP contribution is 1.72. The van der Waals surface area contributed by atoms with Crippen molar-refractivity contribution in [3.63, 3.8) is 0 Å². The molecule has 0 amide bonds. The highest BCUT2D eigenvalue weighted by Gasteiger charge is 1.81. The summed E-state index contributed by atoms with van der Waals surface area (Å²) in [6.45, 7) is 5.94. The first-order chi connectivity index (χ1) is 3.81. The van der Waals surface area contributed by atoms with E-state index in [1.54, 1.807) is 4.81 Å². The molecule has 48 valence electrons. The Morgan fingerprint density at radius 3 is 1.50 bits per heavy atom. The Hall–Kier alpha value is -0.0551. The van der Waals surface area contributed by atoms with E-state index in [1.165, 1.54) is 0 Å². The van der Waals surface area contributed by atoms with Crippen molar-refractivity contribution in [2.24, 2.45) is 11.7 Å². The van der Waals surface area contributed by atoms with E-state index in [4.69, 9.17) is 7.98 Å². The van der Waals surface area contributed by atoms with Crippen LogP contribution in [0.15, 0.2) is 0 Å². The first-order valence-electron chi connectivity index (χ1n) is 2.64. The number of hydrazine groups is 1. The topological polar surface area (TPSA) is 55.3 Å². The molecule has 0 fully saturated rings. The SMILES string of the molecule is NN.[B]N(CC)CC. The number of hydrogen-bond acceptors (Lipinski definition) is 3. The molecule has 0 saturated heterocycles. The van der Waals surface area contributed by atoms with Gasteiger partial charge in [0, 0.05) is 0 Å². The van der Waals surface area contributed by atoms with Gasteiger partial charge >= 0.3 is 0 Å². The van der Waals surface area contributed by atoms with Crippen LogP contribution in [-0.4, -0.2) is 25.9 Å². The minimum Gasteiger partial charge on any atom is -0.354 e. The monoisotopic (exact) mass is 115 g/mol. The highest BCUT2D eigenvalue weighted by atomic mass is 15.0. The van der Waals surface area contributed by atoms with E-state index in [0.717, 1.165) is 13.1 Å². The molecule has 0 aliphatic rings. The van der Waals surface area contributed by atoms with E-state index in [2.05, 4.69) is 11.7 Å². The third-order valence-corrected chi connectivity index (χ3v) is 0.812. The molecule has 2 radical (unpaired) electrons. The van der Waals surface area contributed by atoms with Gasteiger partial charge in [-0.25, -0.2) is 0 Å². The van der Waals surface area contributed by atoms with E-state index < -0.39 is 0 Å². The minimum atomic E-state index is 0.941. The van der Waals surface area contributed by atoms with Gasteiger partial charge in [0.05, 0.1) is 0 Å². The summed E-state index contributed by atoms with van der Waals surface area (Å²) in [5.74, 6) is 8.00. The maximum absolute atomic E-state index is 5.31. The number of rotatable bonds is 2. The van der Waals surface area contributed by atoms with Crippen molar-refractivity contribution in [3.8, 4) is 0 Å². The molecule has 0 spiro atoms. The van der Waals surface area contributed by atoms with Gasteiger partial charge in [-0.1, -0.05) is 13.8 Å². The number of hydrogen-bond donors (Lipinski definition) is 2. The highest BCUT2D eigenvalue weighted by molar-refractivity contribution is 6.04. The molecular formula is C4H14BN3. The minimum absolute atomic E-state index is 0.941. The molecule has 0 bridgehead atoms. The van der Waals surface area contributed by atoms with Gasteiger partial charge < -0.3 is 4.81 Å². The molecular weight excluding hydrogens is 101 g/mol. The quantitative estimate of drug-likeness (QED) is 0.282. The van der Waals surface area contributed by atoms with Crippen LogP contribution >= 0.6 is 0 Å². The largest absolute Gasteiger partial charge is 0.354 e. The van der Waals surface area contributed by atoms with Crippen molar-refractivity contribution in [1.82, 2.24) is 4.81 Å². The van der Waals surface area contributed by atoms with E-state index in [-0.39, 0.29) is 0 Å². The van der Waals surface area contributed by atoms with Gasteiger partial charge in [0.2, 0.25) is 0 Å². The van der Waals surface area contributed by atoms with E-state index in [9.17, 15) is 0 Å². The molecule has 4 heteroatoms. The first kappa shape index (κ1) is 10.8. The molecule has 0 aromatic carbocycles. The molecule has 0 heterocycles. The Balaban J connectivity index is 0. The molecule has 4 N–H and O–H groups in total. The maximum Gasteiger partial charge on any atom is 0.182 e. The fourth-order valence-electron chi connectivity index (χ4n) is 0.224. The molecule has 0 aliphatic heterocycles. The molecule has 0 atom stereocenters. The normalized spacial score (nSPS) is 8.12. The third kappa shape index (κ3) is 9.34. The van der Waals surface area contributed by atoms with Gasteiger partial charge in [-0.05, 0) is 13.1 Å². The maximum atomic E-state index is 5.31. The van der Waals surface area contributed by atoms with Crippen LogP contribution in [0.25, 0.3) is 0 Å². The Kier molecular flexibility index (Phi) is 13.6. The molecule has 0 rings (SSSR count). The molecule has 0 aliphatic carbocycles. The molecule has 0 unspecified atom stereocenters. The summed E-state index contributed by atoms with van der Waals surface area (Å²) in [5.41, 5.74) is 0. The van der Waals surface area contributed by atoms with Crippen molar-refractivity contribution in [1.29, 1.82) is 0 Å². The Bertz CT molecular complexity index is 30.5. The average Bonchev–Trinajstić information content (AvgIpc) is 1.91. The van der Waals surface area contributed by atoms with Crippen molar-refractivity contribution in [2.45, 2.75) is 13.8 Å². The van der Waals surface area contributed by atoms with E-state index in [0.29, 0.717) is 0 Å². The third-order valence-electron chi connectivity index (χ3n) is 0.812. The Morgan fingerprint density at radius 1 is 1.25 bits per heavy atom. The van der Waals surface area contributed by atoms with Gasteiger partial charge in [0.1, 0.15) is 0 Å². The van der Waals surface area contributed by atoms with Gasteiger partial charge in [0.25, 0.3) is 0 Å². The van der Waals surface area contributed by atoms with Crippen LogP contribution in [0.4, 0.5) is 0 Å². The number of nitrogens with zero attached hydrogens (tertiary/aromatic N) is 1. The lowest BCUT2D eigenvalue weighted by Gasteiger charge is -2.07. The predicted octanol–water partition coefficient (Wildman–Crippen LogP) is -0.770. The Labute approximate surface area is 52.4 Å². The second-order valence-corrected chi connectivity index (χ2v) is 1.22. The second-order valence-electron chi connectivity index (χ2n) is 1.22. The lowest BCUT2D eigenvalue weighted by Crippen LogP contribution is -2.17. The van der Waals surface area contributed by atoms with Crippen molar-refractivity contribution in [3.05, 3.63) is 0 Å². The van der Waals surface area contributed by atoms with Crippen LogP contribution in [0.2, 0.25) is 0 Å². The predicted molar refractivity (Wildman–Crippen MR) is 37.0 cm³/mol. The van der Waals surface area contributed by atoms with Crippen LogP contribution in [0.1, 0.15) is 13.8 Å². The molecule has 0 saturated carbocycles. The van der Waals surface area contributed by atoms with Crippen LogP contribution in [-0.2, 0) is 0 Å². The van der Waals surface area contributed by atoms with Gasteiger partial charge in [-0.3, -0.25) is 11.7 Å². The van der Waals surface area contributed by atoms with Gasteiger partial charge in [0.15, 0.2) is 7.98 Å². The van der Waals surface area contributed by atoms with Crippen LogP contribution in [0.3, 0.4) is 0 Å². The summed E-state index contributed by atoms with van der Waals surface area (Å²) in [7, 11) is 5.31. The summed E-state index contributed by atoms with van der Waals surface area (Å²) in [5, 5.41) is 0. The average molecular weight is 115 g/mol. The zero-order chi connectivity index (χ0) is 6.99. The van der Waals surface area contributed by atoms with E-state index in [1.807, 2.05) is 13.8 Å². The van der Waals surface area contributed by atoms with Crippen LogP contribution in [0.5, 0.6) is 0 Å². The van der Waals surface area contributed by atoms with Crippen molar-refractivity contribution in [2.75, 3.05) is 13.1 Å². The molecule has 0 aromatic heterocycles. The smallest absolute Gasteiger partial charge is 0.182 e. The van der Waals surface area contributed by atoms with Crippen LogP contribution < -0.4 is 11.7 Å². The fraction of sp³-hybridized carbons (Fsp3) is 1.00. The van der Waals surface area contributed by atoms with Gasteiger partial charge in [-0.2, -0.15) is 0 Å². The number of nitrogens with two attached hydrogens (primary N) is 2. The summed E-state index contributed by atoms with van der Waals surface area (Å²) in [4.78, 5) is 1.75. The fourth-order valence-corrected chi connectivity index (χ4v) is 0.224. The van der Waals surface area contributed by atoms with Crippen LogP contribution in [0, 0.1) is 0 Å².